The van der Waals surface area contributed by atoms with Gasteiger partial charge in [-0.05, 0) is 30.1 Å². The molecule has 118 valence electrons. The van der Waals surface area contributed by atoms with Crippen molar-refractivity contribution in [3.05, 3.63) is 12.2 Å². The zero-order valence-electron chi connectivity index (χ0n) is 12.9. The lowest BCUT2D eigenvalue weighted by Gasteiger charge is -2.26. The molecule has 2 bridgehead atoms. The minimum atomic E-state index is -0.901. The van der Waals surface area contributed by atoms with E-state index in [1.54, 1.807) is 0 Å². The largest absolute Gasteiger partial charge is 0.481 e. The van der Waals surface area contributed by atoms with Crippen molar-refractivity contribution in [2.45, 2.75) is 39.7 Å². The van der Waals surface area contributed by atoms with Crippen LogP contribution in [-0.4, -0.2) is 34.7 Å². The van der Waals surface area contributed by atoms with Gasteiger partial charge in [0.15, 0.2) is 0 Å². The maximum Gasteiger partial charge on any atom is 0.307 e. The molecule has 0 heterocycles. The summed E-state index contributed by atoms with van der Waals surface area (Å²) in [5.41, 5.74) is -0.0110. The van der Waals surface area contributed by atoms with E-state index in [0.29, 0.717) is 6.42 Å². The van der Waals surface area contributed by atoms with Crippen LogP contribution >= 0.6 is 0 Å². The molecule has 5 nitrogen and oxygen atoms in total. The first-order chi connectivity index (χ1) is 9.69. The molecular formula is C16H25NO4. The molecule has 21 heavy (non-hydrogen) atoms. The Labute approximate surface area is 125 Å². The molecule has 2 aliphatic carbocycles. The lowest BCUT2D eigenvalue weighted by molar-refractivity contribution is -0.147. The third kappa shape index (κ3) is 3.64. The quantitative estimate of drug-likeness (QED) is 0.670. The Morgan fingerprint density at radius 1 is 1.24 bits per heavy atom. The van der Waals surface area contributed by atoms with Crippen molar-refractivity contribution in [2.24, 2.45) is 29.1 Å². The van der Waals surface area contributed by atoms with Gasteiger partial charge in [-0.2, -0.15) is 0 Å². The van der Waals surface area contributed by atoms with Crippen molar-refractivity contribution in [3.63, 3.8) is 0 Å². The predicted molar refractivity (Wildman–Crippen MR) is 78.4 cm³/mol. The number of carboxylic acid groups (broad SMARTS) is 1. The zero-order valence-corrected chi connectivity index (χ0v) is 12.9. The summed E-state index contributed by atoms with van der Waals surface area (Å²) < 4.78 is 0. The Kier molecular flexibility index (Phi) is 4.42. The van der Waals surface area contributed by atoms with Crippen LogP contribution < -0.4 is 5.32 Å². The van der Waals surface area contributed by atoms with E-state index in [-0.39, 0.29) is 29.7 Å². The Morgan fingerprint density at radius 2 is 1.81 bits per heavy atom. The molecule has 0 aromatic heterocycles. The minimum Gasteiger partial charge on any atom is -0.481 e. The van der Waals surface area contributed by atoms with E-state index in [1.165, 1.54) is 0 Å². The van der Waals surface area contributed by atoms with Gasteiger partial charge in [-0.25, -0.2) is 0 Å². The second-order valence-electron chi connectivity index (χ2n) is 7.50. The number of carboxylic acids is 1. The summed E-state index contributed by atoms with van der Waals surface area (Å²) >= 11 is 0. The summed E-state index contributed by atoms with van der Waals surface area (Å²) in [6.45, 7) is 6.26. The van der Waals surface area contributed by atoms with Gasteiger partial charge in [0.2, 0.25) is 5.91 Å². The highest BCUT2D eigenvalue weighted by atomic mass is 16.4. The smallest absolute Gasteiger partial charge is 0.307 e. The van der Waals surface area contributed by atoms with Crippen LogP contribution in [0.15, 0.2) is 12.2 Å². The average molecular weight is 295 g/mol. The number of aliphatic hydroxyl groups excluding tert-OH is 1. The van der Waals surface area contributed by atoms with Gasteiger partial charge < -0.3 is 15.5 Å². The monoisotopic (exact) mass is 295 g/mol. The number of hydrogen-bond donors (Lipinski definition) is 3. The number of rotatable bonds is 5. The lowest BCUT2D eigenvalue weighted by Crippen LogP contribution is -2.43. The highest BCUT2D eigenvalue weighted by molar-refractivity contribution is 5.86. The van der Waals surface area contributed by atoms with Gasteiger partial charge >= 0.3 is 5.97 Å². The molecule has 1 amide bonds. The second-order valence-corrected chi connectivity index (χ2v) is 7.50. The van der Waals surface area contributed by atoms with E-state index in [4.69, 9.17) is 0 Å². The number of aliphatic hydroxyl groups is 1. The summed E-state index contributed by atoms with van der Waals surface area (Å²) in [6.07, 6.45) is 4.61. The van der Waals surface area contributed by atoms with Crippen LogP contribution in [0, 0.1) is 29.1 Å². The molecule has 2 rings (SSSR count). The molecule has 1 fully saturated rings. The molecule has 0 aromatic rings. The molecule has 5 atom stereocenters. The molecule has 3 N–H and O–H groups in total. The summed E-state index contributed by atoms with van der Waals surface area (Å²) in [4.78, 5) is 23.7. The Balaban J connectivity index is 1.91. The van der Waals surface area contributed by atoms with Gasteiger partial charge in [0.05, 0.1) is 17.9 Å². The van der Waals surface area contributed by atoms with Crippen LogP contribution in [0.25, 0.3) is 0 Å². The number of amides is 1. The molecular weight excluding hydrogens is 270 g/mol. The molecule has 2 aliphatic rings. The van der Waals surface area contributed by atoms with Crippen molar-refractivity contribution in [3.8, 4) is 0 Å². The number of carbonyl (C=O) groups excluding carboxylic acids is 1. The molecule has 5 unspecified atom stereocenters. The van der Waals surface area contributed by atoms with Crippen molar-refractivity contribution >= 4 is 11.9 Å². The van der Waals surface area contributed by atoms with Gasteiger partial charge in [0.25, 0.3) is 0 Å². The summed E-state index contributed by atoms with van der Waals surface area (Å²) in [5.74, 6) is -2.27. The SMILES string of the molecule is CC(C)(C)CC(O)CNC(=O)C1C2C=CC(C2)C1C(=O)O. The maximum absolute atomic E-state index is 12.3. The molecule has 0 radical (unpaired) electrons. The fraction of sp³-hybridized carbons (Fsp3) is 0.750. The van der Waals surface area contributed by atoms with E-state index in [2.05, 4.69) is 5.32 Å². The summed E-state index contributed by atoms with van der Waals surface area (Å²) in [6, 6.07) is 0. The van der Waals surface area contributed by atoms with Crippen molar-refractivity contribution in [1.82, 2.24) is 5.32 Å². The lowest BCUT2D eigenvalue weighted by atomic mass is 9.82. The Bertz CT molecular complexity index is 452. The van der Waals surface area contributed by atoms with E-state index in [9.17, 15) is 19.8 Å². The van der Waals surface area contributed by atoms with E-state index in [1.807, 2.05) is 32.9 Å². The van der Waals surface area contributed by atoms with Gasteiger partial charge in [0, 0.05) is 6.54 Å². The minimum absolute atomic E-state index is 0.0110. The molecule has 5 heteroatoms. The van der Waals surface area contributed by atoms with Crippen molar-refractivity contribution in [1.29, 1.82) is 0 Å². The van der Waals surface area contributed by atoms with Crippen molar-refractivity contribution < 1.29 is 19.8 Å². The van der Waals surface area contributed by atoms with E-state index < -0.39 is 23.9 Å². The van der Waals surface area contributed by atoms with Crippen molar-refractivity contribution in [2.75, 3.05) is 6.54 Å². The molecule has 0 aromatic carbocycles. The molecule has 0 aliphatic heterocycles. The van der Waals surface area contributed by atoms with Crippen LogP contribution in [-0.2, 0) is 9.59 Å². The third-order valence-corrected chi connectivity index (χ3v) is 4.41. The number of aliphatic carboxylic acids is 1. The van der Waals surface area contributed by atoms with E-state index >= 15 is 0 Å². The molecule has 0 spiro atoms. The number of hydrogen-bond acceptors (Lipinski definition) is 3. The highest BCUT2D eigenvalue weighted by Crippen LogP contribution is 2.48. The normalized spacial score (nSPS) is 32.2. The maximum atomic E-state index is 12.3. The predicted octanol–water partition coefficient (Wildman–Crippen LogP) is 1.42. The number of fused-ring (bicyclic) bond motifs is 2. The first-order valence-corrected chi connectivity index (χ1v) is 7.56. The second kappa shape index (κ2) is 5.79. The topological polar surface area (TPSA) is 86.6 Å². The average Bonchev–Trinajstić information content (AvgIpc) is 2.93. The van der Waals surface area contributed by atoms with Crippen LogP contribution in [0.2, 0.25) is 0 Å². The summed E-state index contributed by atoms with van der Waals surface area (Å²) in [5, 5.41) is 22.0. The standard InChI is InChI=1S/C16H25NO4/c1-16(2,3)7-11(18)8-17-14(19)12-9-4-5-10(6-9)13(12)15(20)21/h4-5,9-13,18H,6-8H2,1-3H3,(H,17,19)(H,20,21). The molecule has 1 saturated carbocycles. The van der Waals surface area contributed by atoms with Gasteiger partial charge in [-0.15, -0.1) is 0 Å². The Hall–Kier alpha value is -1.36. The van der Waals surface area contributed by atoms with Crippen LogP contribution in [0.1, 0.15) is 33.6 Å². The number of allylic oxidation sites excluding steroid dienone is 2. The first kappa shape index (κ1) is 16.0. The zero-order chi connectivity index (χ0) is 15.8. The highest BCUT2D eigenvalue weighted by Gasteiger charge is 2.51. The Morgan fingerprint density at radius 3 is 2.33 bits per heavy atom. The van der Waals surface area contributed by atoms with E-state index in [0.717, 1.165) is 6.42 Å². The van der Waals surface area contributed by atoms with Gasteiger partial charge in [0.1, 0.15) is 0 Å². The fourth-order valence-corrected chi connectivity index (χ4v) is 3.63. The van der Waals surface area contributed by atoms with Crippen LogP contribution in [0.4, 0.5) is 0 Å². The van der Waals surface area contributed by atoms with Crippen LogP contribution in [0.5, 0.6) is 0 Å². The van der Waals surface area contributed by atoms with Gasteiger partial charge in [-0.3, -0.25) is 9.59 Å². The van der Waals surface area contributed by atoms with Crippen LogP contribution in [0.3, 0.4) is 0 Å². The fourth-order valence-electron chi connectivity index (χ4n) is 3.63. The molecule has 0 saturated heterocycles. The first-order valence-electron chi connectivity index (χ1n) is 7.56. The van der Waals surface area contributed by atoms with Gasteiger partial charge in [-0.1, -0.05) is 32.9 Å². The number of nitrogens with one attached hydrogen (secondary N) is 1. The third-order valence-electron chi connectivity index (χ3n) is 4.41. The number of carbonyl (C=O) groups is 2. The summed E-state index contributed by atoms with van der Waals surface area (Å²) in [7, 11) is 0.